The van der Waals surface area contributed by atoms with Gasteiger partial charge >= 0.3 is 0 Å². The number of allylic oxidation sites excluding steroid dienone is 1. The Morgan fingerprint density at radius 3 is 2.82 bits per heavy atom. The second kappa shape index (κ2) is 7.16. The average Bonchev–Trinajstić information content (AvgIpc) is 3.30. The SMILES string of the molecule is O=C1CN(C(=O)c2cc(C3=CC(F)CN=C3)n(-c3ccc(F)c(Cl)c3)n2)CN1. The molecule has 1 unspecified atom stereocenters. The van der Waals surface area contributed by atoms with Crippen molar-refractivity contribution in [3.8, 4) is 5.69 Å². The van der Waals surface area contributed by atoms with E-state index in [2.05, 4.69) is 15.4 Å². The van der Waals surface area contributed by atoms with Gasteiger partial charge in [-0.15, -0.1) is 0 Å². The van der Waals surface area contributed by atoms with Crippen molar-refractivity contribution in [3.05, 3.63) is 52.6 Å². The predicted octanol–water partition coefficient (Wildman–Crippen LogP) is 2.00. The van der Waals surface area contributed by atoms with Crippen LogP contribution >= 0.6 is 11.6 Å². The minimum atomic E-state index is -1.26. The van der Waals surface area contributed by atoms with Gasteiger partial charge in [0.25, 0.3) is 5.91 Å². The van der Waals surface area contributed by atoms with Crippen LogP contribution in [-0.4, -0.2) is 58.6 Å². The lowest BCUT2D eigenvalue weighted by Crippen LogP contribution is -2.30. The van der Waals surface area contributed by atoms with Crippen molar-refractivity contribution in [3.63, 3.8) is 0 Å². The molecule has 4 rings (SSSR count). The lowest BCUT2D eigenvalue weighted by Gasteiger charge is -2.12. The van der Waals surface area contributed by atoms with Crippen LogP contribution in [0.15, 0.2) is 35.3 Å². The molecule has 0 radical (unpaired) electrons. The summed E-state index contributed by atoms with van der Waals surface area (Å²) >= 11 is 5.88. The molecule has 1 saturated heterocycles. The van der Waals surface area contributed by atoms with Crippen molar-refractivity contribution in [1.82, 2.24) is 20.0 Å². The summed E-state index contributed by atoms with van der Waals surface area (Å²) in [6.45, 7) is 0.0341. The van der Waals surface area contributed by atoms with Crippen LogP contribution in [0.4, 0.5) is 8.78 Å². The monoisotopic (exact) mass is 405 g/mol. The Morgan fingerprint density at radius 1 is 1.32 bits per heavy atom. The fourth-order valence-electron chi connectivity index (χ4n) is 2.97. The zero-order chi connectivity index (χ0) is 19.8. The molecule has 10 heteroatoms. The molecule has 0 bridgehead atoms. The fourth-order valence-corrected chi connectivity index (χ4v) is 3.15. The zero-order valence-corrected chi connectivity index (χ0v) is 15.2. The van der Waals surface area contributed by atoms with Gasteiger partial charge in [0.2, 0.25) is 5.91 Å². The van der Waals surface area contributed by atoms with Gasteiger partial charge in [-0.05, 0) is 30.3 Å². The first kappa shape index (κ1) is 18.3. The Bertz CT molecular complexity index is 1030. The molecule has 3 heterocycles. The molecular formula is C18H14ClF2N5O2. The largest absolute Gasteiger partial charge is 0.337 e. The second-order valence-electron chi connectivity index (χ2n) is 6.32. The Labute approximate surface area is 163 Å². The van der Waals surface area contributed by atoms with E-state index in [1.165, 1.54) is 46.1 Å². The number of alkyl halides is 1. The molecule has 0 spiro atoms. The van der Waals surface area contributed by atoms with Crippen molar-refractivity contribution in [2.75, 3.05) is 19.8 Å². The van der Waals surface area contributed by atoms with Crippen LogP contribution in [0.2, 0.25) is 5.02 Å². The van der Waals surface area contributed by atoms with Crippen molar-refractivity contribution < 1.29 is 18.4 Å². The van der Waals surface area contributed by atoms with Crippen LogP contribution in [0.3, 0.4) is 0 Å². The number of benzene rings is 1. The summed E-state index contributed by atoms with van der Waals surface area (Å²) in [5.74, 6) is -1.32. The highest BCUT2D eigenvalue weighted by Gasteiger charge is 2.28. The molecule has 2 amide bonds. The van der Waals surface area contributed by atoms with Crippen molar-refractivity contribution in [2.45, 2.75) is 6.17 Å². The van der Waals surface area contributed by atoms with E-state index < -0.39 is 17.9 Å². The molecule has 2 aromatic rings. The summed E-state index contributed by atoms with van der Waals surface area (Å²) in [7, 11) is 0. The average molecular weight is 406 g/mol. The number of hydrogen-bond acceptors (Lipinski definition) is 4. The number of carbonyl (C=O) groups is 2. The van der Waals surface area contributed by atoms with Gasteiger partial charge in [0.15, 0.2) is 5.69 Å². The fraction of sp³-hybridized carbons (Fsp3) is 0.222. The zero-order valence-electron chi connectivity index (χ0n) is 14.4. The molecule has 28 heavy (non-hydrogen) atoms. The Morgan fingerprint density at radius 2 is 2.14 bits per heavy atom. The normalized spacial score (nSPS) is 19.0. The van der Waals surface area contributed by atoms with Gasteiger partial charge in [-0.25, -0.2) is 13.5 Å². The maximum atomic E-state index is 13.8. The lowest BCUT2D eigenvalue weighted by molar-refractivity contribution is -0.118. The van der Waals surface area contributed by atoms with Gasteiger partial charge in [0, 0.05) is 11.8 Å². The summed E-state index contributed by atoms with van der Waals surface area (Å²) in [5, 5.41) is 6.73. The van der Waals surface area contributed by atoms with Crippen LogP contribution in [0.1, 0.15) is 16.2 Å². The first-order valence-corrected chi connectivity index (χ1v) is 8.78. The highest BCUT2D eigenvalue weighted by atomic mass is 35.5. The maximum absolute atomic E-state index is 13.8. The van der Waals surface area contributed by atoms with E-state index in [-0.39, 0.29) is 36.4 Å². The number of aromatic nitrogens is 2. The van der Waals surface area contributed by atoms with Gasteiger partial charge < -0.3 is 10.2 Å². The smallest absolute Gasteiger partial charge is 0.276 e. The summed E-state index contributed by atoms with van der Waals surface area (Å²) < 4.78 is 28.7. The minimum absolute atomic E-state index is 0.0212. The molecule has 1 aromatic heterocycles. The first-order valence-electron chi connectivity index (χ1n) is 8.40. The van der Waals surface area contributed by atoms with E-state index in [0.717, 1.165) is 0 Å². The molecule has 7 nitrogen and oxygen atoms in total. The topological polar surface area (TPSA) is 79.6 Å². The van der Waals surface area contributed by atoms with Crippen LogP contribution in [0, 0.1) is 5.82 Å². The number of carbonyl (C=O) groups excluding carboxylic acids is 2. The number of hydrogen-bond donors (Lipinski definition) is 1. The predicted molar refractivity (Wildman–Crippen MR) is 98.8 cm³/mol. The van der Waals surface area contributed by atoms with E-state index in [1.807, 2.05) is 0 Å². The molecule has 0 aliphatic carbocycles. The number of halogens is 3. The summed E-state index contributed by atoms with van der Waals surface area (Å²) in [6, 6.07) is 5.46. The molecule has 1 aromatic carbocycles. The van der Waals surface area contributed by atoms with E-state index in [4.69, 9.17) is 11.6 Å². The highest BCUT2D eigenvalue weighted by molar-refractivity contribution is 6.30. The molecule has 1 N–H and O–H groups in total. The maximum Gasteiger partial charge on any atom is 0.276 e. The summed E-state index contributed by atoms with van der Waals surface area (Å²) in [5.41, 5.74) is 1.28. The van der Waals surface area contributed by atoms with E-state index >= 15 is 0 Å². The Kier molecular flexibility index (Phi) is 4.68. The summed E-state index contributed by atoms with van der Waals surface area (Å²) in [4.78, 5) is 29.4. The lowest BCUT2D eigenvalue weighted by atomic mass is 10.1. The highest BCUT2D eigenvalue weighted by Crippen LogP contribution is 2.25. The van der Waals surface area contributed by atoms with E-state index in [0.29, 0.717) is 17.0 Å². The van der Waals surface area contributed by atoms with Gasteiger partial charge in [-0.3, -0.25) is 14.6 Å². The van der Waals surface area contributed by atoms with Crippen molar-refractivity contribution in [2.24, 2.45) is 4.99 Å². The third-order valence-electron chi connectivity index (χ3n) is 4.33. The van der Waals surface area contributed by atoms with Gasteiger partial charge in [-0.2, -0.15) is 5.10 Å². The summed E-state index contributed by atoms with van der Waals surface area (Å²) in [6.07, 6.45) is 1.60. The second-order valence-corrected chi connectivity index (χ2v) is 6.73. The van der Waals surface area contributed by atoms with Gasteiger partial charge in [-0.1, -0.05) is 11.6 Å². The van der Waals surface area contributed by atoms with E-state index in [9.17, 15) is 18.4 Å². The molecule has 2 aliphatic heterocycles. The molecule has 1 fully saturated rings. The third kappa shape index (κ3) is 3.40. The molecule has 1 atom stereocenters. The number of dihydropyridines is 1. The first-order chi connectivity index (χ1) is 13.4. The van der Waals surface area contributed by atoms with Crippen LogP contribution < -0.4 is 5.32 Å². The van der Waals surface area contributed by atoms with Crippen LogP contribution in [0.25, 0.3) is 11.3 Å². The number of nitrogens with one attached hydrogen (secondary N) is 1. The van der Waals surface area contributed by atoms with Gasteiger partial charge in [0.1, 0.15) is 18.5 Å². The molecule has 144 valence electrons. The van der Waals surface area contributed by atoms with Crippen molar-refractivity contribution in [1.29, 1.82) is 0 Å². The standard InChI is InChI=1S/C18H14ClF2N5O2/c19-13-4-12(1-2-14(13)21)26-16(10-3-11(20)7-22-6-10)5-15(24-26)18(28)25-8-17(27)23-9-25/h1-6,11H,7-9H2,(H,23,27). The van der Waals surface area contributed by atoms with Crippen molar-refractivity contribution >= 4 is 35.2 Å². The molecule has 2 aliphatic rings. The number of aliphatic imine (C=N–C) groups is 1. The quantitative estimate of drug-likeness (QED) is 0.848. The number of nitrogens with zero attached hydrogens (tertiary/aromatic N) is 4. The van der Waals surface area contributed by atoms with Crippen LogP contribution in [-0.2, 0) is 4.79 Å². The third-order valence-corrected chi connectivity index (χ3v) is 4.62. The minimum Gasteiger partial charge on any atom is -0.337 e. The molecular weight excluding hydrogens is 392 g/mol. The Balaban J connectivity index is 1.80. The Hall–Kier alpha value is -3.07. The van der Waals surface area contributed by atoms with E-state index in [1.54, 1.807) is 0 Å². The van der Waals surface area contributed by atoms with Crippen LogP contribution in [0.5, 0.6) is 0 Å². The number of rotatable bonds is 3. The number of amides is 2. The van der Waals surface area contributed by atoms with Gasteiger partial charge in [0.05, 0.1) is 29.6 Å². The molecule has 0 saturated carbocycles.